The third-order valence-corrected chi connectivity index (χ3v) is 3.77. The summed E-state index contributed by atoms with van der Waals surface area (Å²) in [5, 5.41) is 22.5. The molecule has 0 spiro atoms. The van der Waals surface area contributed by atoms with Crippen LogP contribution in [-0.2, 0) is 19.1 Å². The molecule has 0 saturated heterocycles. The molecule has 0 atom stereocenters. The highest BCUT2D eigenvalue weighted by Crippen LogP contribution is 2.33. The van der Waals surface area contributed by atoms with Gasteiger partial charge < -0.3 is 5.11 Å². The van der Waals surface area contributed by atoms with Gasteiger partial charge in [0.1, 0.15) is 17.2 Å². The third-order valence-electron chi connectivity index (χ3n) is 3.77. The zero-order valence-corrected chi connectivity index (χ0v) is 12.3. The Morgan fingerprint density at radius 1 is 0.957 bits per heavy atom. The average molecular weight is 316 g/mol. The Morgan fingerprint density at radius 2 is 1.43 bits per heavy atom. The number of hydrogen-bond donors (Lipinski definition) is 1. The highest BCUT2D eigenvalue weighted by molar-refractivity contribution is 5.37. The quantitative estimate of drug-likeness (QED) is 0.799. The summed E-state index contributed by atoms with van der Waals surface area (Å²) in [6.07, 6.45) is 0.0633. The van der Waals surface area contributed by atoms with Gasteiger partial charge in [-0.05, 0) is 45.8 Å². The molecule has 0 aliphatic rings. The van der Waals surface area contributed by atoms with E-state index in [-0.39, 0.29) is 6.42 Å². The van der Waals surface area contributed by atoms with Crippen LogP contribution in [0.1, 0.15) is 17.0 Å². The second-order valence-electron chi connectivity index (χ2n) is 5.27. The number of nitrogens with zero attached hydrogens (tertiary/aromatic N) is 4. The first-order valence-corrected chi connectivity index (χ1v) is 6.95. The molecule has 3 rings (SSSR count). The van der Waals surface area contributed by atoms with Gasteiger partial charge in [-0.25, -0.2) is 13.5 Å². The lowest BCUT2D eigenvalue weighted by atomic mass is 9.83. The molecule has 2 aromatic carbocycles. The summed E-state index contributed by atoms with van der Waals surface area (Å²) < 4.78 is 27.9. The summed E-state index contributed by atoms with van der Waals surface area (Å²) >= 11 is 0. The van der Waals surface area contributed by atoms with Crippen LogP contribution in [-0.4, -0.2) is 25.3 Å². The van der Waals surface area contributed by atoms with E-state index in [2.05, 4.69) is 15.5 Å². The molecule has 1 heterocycles. The Morgan fingerprint density at radius 3 is 1.83 bits per heavy atom. The van der Waals surface area contributed by atoms with E-state index in [4.69, 9.17) is 0 Å². The van der Waals surface area contributed by atoms with Crippen molar-refractivity contribution in [1.82, 2.24) is 20.2 Å². The topological polar surface area (TPSA) is 63.8 Å². The minimum atomic E-state index is -1.51. The standard InChI is InChI=1S/C16H14F2N4O/c1-22-15(19-20-21-22)10-16(23,11-2-6-13(17)7-3-11)12-4-8-14(18)9-5-12/h2-9,23H,10H2,1H3. The molecule has 23 heavy (non-hydrogen) atoms. The van der Waals surface area contributed by atoms with Crippen LogP contribution in [0, 0.1) is 11.6 Å². The number of aliphatic hydroxyl groups is 1. The Bertz CT molecular complexity index is 754. The zero-order valence-electron chi connectivity index (χ0n) is 12.3. The summed E-state index contributed by atoms with van der Waals surface area (Å²) in [4.78, 5) is 0. The predicted molar refractivity (Wildman–Crippen MR) is 78.3 cm³/mol. The summed E-state index contributed by atoms with van der Waals surface area (Å²) in [6.45, 7) is 0. The lowest BCUT2D eigenvalue weighted by Gasteiger charge is -2.28. The van der Waals surface area contributed by atoms with Crippen molar-refractivity contribution in [2.45, 2.75) is 12.0 Å². The van der Waals surface area contributed by atoms with E-state index < -0.39 is 17.2 Å². The molecule has 7 heteroatoms. The number of hydrogen-bond acceptors (Lipinski definition) is 4. The fourth-order valence-corrected chi connectivity index (χ4v) is 2.45. The highest BCUT2D eigenvalue weighted by atomic mass is 19.1. The van der Waals surface area contributed by atoms with Crippen LogP contribution in [0.5, 0.6) is 0 Å². The van der Waals surface area contributed by atoms with Crippen LogP contribution in [0.3, 0.4) is 0 Å². The zero-order chi connectivity index (χ0) is 16.4. The smallest absolute Gasteiger partial charge is 0.154 e. The van der Waals surface area contributed by atoms with E-state index in [0.29, 0.717) is 17.0 Å². The molecule has 0 aliphatic heterocycles. The van der Waals surface area contributed by atoms with E-state index in [0.717, 1.165) is 0 Å². The molecule has 0 saturated carbocycles. The number of aryl methyl sites for hydroxylation is 1. The largest absolute Gasteiger partial charge is 0.380 e. The van der Waals surface area contributed by atoms with Gasteiger partial charge in [0.15, 0.2) is 5.82 Å². The summed E-state index contributed by atoms with van der Waals surface area (Å²) in [7, 11) is 1.66. The fourth-order valence-electron chi connectivity index (χ4n) is 2.45. The minimum absolute atomic E-state index is 0.0633. The maximum Gasteiger partial charge on any atom is 0.154 e. The first-order chi connectivity index (χ1) is 11.0. The van der Waals surface area contributed by atoms with Crippen molar-refractivity contribution >= 4 is 0 Å². The average Bonchev–Trinajstić information content (AvgIpc) is 2.93. The molecular formula is C16H14F2N4O. The lowest BCUT2D eigenvalue weighted by Crippen LogP contribution is -2.31. The molecule has 0 bridgehead atoms. The molecule has 0 unspecified atom stereocenters. The highest BCUT2D eigenvalue weighted by Gasteiger charge is 2.34. The monoisotopic (exact) mass is 316 g/mol. The van der Waals surface area contributed by atoms with E-state index in [1.807, 2.05) is 0 Å². The van der Waals surface area contributed by atoms with Gasteiger partial charge in [-0.15, -0.1) is 5.10 Å². The van der Waals surface area contributed by atoms with Crippen molar-refractivity contribution in [2.24, 2.45) is 7.05 Å². The normalized spacial score (nSPS) is 11.7. The van der Waals surface area contributed by atoms with Crippen LogP contribution in [0.15, 0.2) is 48.5 Å². The molecule has 3 aromatic rings. The number of halogens is 2. The van der Waals surface area contributed by atoms with Crippen LogP contribution >= 0.6 is 0 Å². The summed E-state index contributed by atoms with van der Waals surface area (Å²) in [5.74, 6) is -0.368. The van der Waals surface area contributed by atoms with Crippen LogP contribution in [0.25, 0.3) is 0 Å². The van der Waals surface area contributed by atoms with E-state index >= 15 is 0 Å². The van der Waals surface area contributed by atoms with Crippen LogP contribution < -0.4 is 0 Å². The van der Waals surface area contributed by atoms with Gasteiger partial charge in [-0.3, -0.25) is 0 Å². The maximum atomic E-state index is 13.2. The van der Waals surface area contributed by atoms with Crippen molar-refractivity contribution in [1.29, 1.82) is 0 Å². The van der Waals surface area contributed by atoms with Crippen molar-refractivity contribution in [3.05, 3.63) is 77.1 Å². The Labute approximate surface area is 131 Å². The summed E-state index contributed by atoms with van der Waals surface area (Å²) in [5.41, 5.74) is -0.578. The second kappa shape index (κ2) is 5.85. The van der Waals surface area contributed by atoms with Crippen LogP contribution in [0.2, 0.25) is 0 Å². The predicted octanol–water partition coefficient (Wildman–Crippen LogP) is 1.97. The van der Waals surface area contributed by atoms with Gasteiger partial charge >= 0.3 is 0 Å². The van der Waals surface area contributed by atoms with Crippen molar-refractivity contribution in [3.8, 4) is 0 Å². The van der Waals surface area contributed by atoms with E-state index in [1.54, 1.807) is 7.05 Å². The molecule has 1 aromatic heterocycles. The van der Waals surface area contributed by atoms with Crippen molar-refractivity contribution < 1.29 is 13.9 Å². The van der Waals surface area contributed by atoms with Gasteiger partial charge in [0.25, 0.3) is 0 Å². The Balaban J connectivity index is 2.10. The number of benzene rings is 2. The molecular weight excluding hydrogens is 302 g/mol. The van der Waals surface area contributed by atoms with Gasteiger partial charge in [-0.2, -0.15) is 0 Å². The molecule has 1 N–H and O–H groups in total. The number of aromatic nitrogens is 4. The Kier molecular flexibility index (Phi) is 3.87. The third kappa shape index (κ3) is 2.95. The first-order valence-electron chi connectivity index (χ1n) is 6.95. The van der Waals surface area contributed by atoms with Gasteiger partial charge in [0.05, 0.1) is 0 Å². The first kappa shape index (κ1) is 15.2. The Hall–Kier alpha value is -2.67. The van der Waals surface area contributed by atoms with Crippen LogP contribution in [0.4, 0.5) is 8.78 Å². The summed E-state index contributed by atoms with van der Waals surface area (Å²) in [6, 6.07) is 11.0. The van der Waals surface area contributed by atoms with Crippen molar-refractivity contribution in [3.63, 3.8) is 0 Å². The maximum absolute atomic E-state index is 13.2. The molecule has 0 aliphatic carbocycles. The second-order valence-corrected chi connectivity index (χ2v) is 5.27. The molecule has 0 amide bonds. The SMILES string of the molecule is Cn1nnnc1CC(O)(c1ccc(F)cc1)c1ccc(F)cc1. The van der Waals surface area contributed by atoms with Gasteiger partial charge in [-0.1, -0.05) is 24.3 Å². The lowest BCUT2D eigenvalue weighted by molar-refractivity contribution is 0.0776. The van der Waals surface area contributed by atoms with Gasteiger partial charge in [0, 0.05) is 13.5 Å². The molecule has 0 fully saturated rings. The fraction of sp³-hybridized carbons (Fsp3) is 0.188. The van der Waals surface area contributed by atoms with Crippen molar-refractivity contribution in [2.75, 3.05) is 0 Å². The molecule has 0 radical (unpaired) electrons. The number of tetrazole rings is 1. The minimum Gasteiger partial charge on any atom is -0.380 e. The number of rotatable bonds is 4. The molecule has 5 nitrogen and oxygen atoms in total. The van der Waals surface area contributed by atoms with E-state index in [1.165, 1.54) is 53.2 Å². The molecule has 118 valence electrons. The van der Waals surface area contributed by atoms with E-state index in [9.17, 15) is 13.9 Å². The van der Waals surface area contributed by atoms with Gasteiger partial charge in [0.2, 0.25) is 0 Å².